The predicted octanol–water partition coefficient (Wildman–Crippen LogP) is 3.22. The lowest BCUT2D eigenvalue weighted by Gasteiger charge is -2.16. The molecule has 1 aliphatic carbocycles. The number of aryl methyl sites for hydroxylation is 2. The Hall–Kier alpha value is -1.27. The number of aromatic nitrogens is 2. The first kappa shape index (κ1) is 14.7. The molecule has 0 fully saturated rings. The van der Waals surface area contributed by atoms with E-state index in [0.29, 0.717) is 6.54 Å². The molecule has 3 rings (SSSR count). The molecule has 2 aromatic heterocycles. The summed E-state index contributed by atoms with van der Waals surface area (Å²) >= 11 is 3.21. The number of carbonyl (C=O) groups is 1. The van der Waals surface area contributed by atoms with Crippen molar-refractivity contribution < 1.29 is 4.79 Å². The SMILES string of the molecule is CCc1nnc(CNC(=O)c2cc3c(s2)CC[C@H](C)C3)s1. The van der Waals surface area contributed by atoms with Crippen LogP contribution in [0.15, 0.2) is 6.07 Å². The maximum absolute atomic E-state index is 12.2. The van der Waals surface area contributed by atoms with E-state index in [-0.39, 0.29) is 5.91 Å². The van der Waals surface area contributed by atoms with E-state index >= 15 is 0 Å². The number of hydrogen-bond donors (Lipinski definition) is 1. The van der Waals surface area contributed by atoms with Crippen molar-refractivity contribution in [1.29, 1.82) is 0 Å². The van der Waals surface area contributed by atoms with E-state index in [1.54, 1.807) is 22.7 Å². The Morgan fingerprint density at radius 2 is 2.19 bits per heavy atom. The quantitative estimate of drug-likeness (QED) is 0.940. The molecule has 4 nitrogen and oxygen atoms in total. The fourth-order valence-electron chi connectivity index (χ4n) is 2.56. The molecule has 0 aromatic carbocycles. The van der Waals surface area contributed by atoms with Crippen LogP contribution in [0.4, 0.5) is 0 Å². The summed E-state index contributed by atoms with van der Waals surface area (Å²) in [5.41, 5.74) is 1.37. The number of thiophene rings is 1. The van der Waals surface area contributed by atoms with Crippen molar-refractivity contribution in [3.05, 3.63) is 31.4 Å². The highest BCUT2D eigenvalue weighted by molar-refractivity contribution is 7.14. The molecular formula is C15H19N3OS2. The Morgan fingerprint density at radius 1 is 1.38 bits per heavy atom. The van der Waals surface area contributed by atoms with Gasteiger partial charge in [0.15, 0.2) is 0 Å². The van der Waals surface area contributed by atoms with Crippen LogP contribution in [-0.4, -0.2) is 16.1 Å². The summed E-state index contributed by atoms with van der Waals surface area (Å²) < 4.78 is 0. The van der Waals surface area contributed by atoms with Crippen LogP contribution in [0.3, 0.4) is 0 Å². The van der Waals surface area contributed by atoms with Crippen LogP contribution in [0.5, 0.6) is 0 Å². The van der Waals surface area contributed by atoms with E-state index in [4.69, 9.17) is 0 Å². The summed E-state index contributed by atoms with van der Waals surface area (Å²) in [5, 5.41) is 13.0. The molecule has 1 aliphatic rings. The van der Waals surface area contributed by atoms with Gasteiger partial charge < -0.3 is 5.32 Å². The molecule has 112 valence electrons. The monoisotopic (exact) mass is 321 g/mol. The van der Waals surface area contributed by atoms with Crippen LogP contribution in [0.1, 0.15) is 50.4 Å². The standard InChI is InChI=1S/C15H19N3OS2/c1-3-13-17-18-14(21-13)8-16-15(19)12-7-10-6-9(2)4-5-11(10)20-12/h7,9H,3-6,8H2,1-2H3,(H,16,19)/t9-/m0/s1. The Balaban J connectivity index is 1.63. The minimum Gasteiger partial charge on any atom is -0.345 e. The maximum Gasteiger partial charge on any atom is 0.261 e. The van der Waals surface area contributed by atoms with Crippen molar-refractivity contribution in [3.63, 3.8) is 0 Å². The van der Waals surface area contributed by atoms with Gasteiger partial charge in [0.25, 0.3) is 5.91 Å². The summed E-state index contributed by atoms with van der Waals surface area (Å²) in [6, 6.07) is 2.07. The summed E-state index contributed by atoms with van der Waals surface area (Å²) in [6.07, 6.45) is 4.35. The number of nitrogens with one attached hydrogen (secondary N) is 1. The summed E-state index contributed by atoms with van der Waals surface area (Å²) in [7, 11) is 0. The van der Waals surface area contributed by atoms with Crippen molar-refractivity contribution in [2.24, 2.45) is 5.92 Å². The zero-order chi connectivity index (χ0) is 14.8. The minimum absolute atomic E-state index is 0.00954. The first-order valence-corrected chi connectivity index (χ1v) is 9.00. The molecule has 0 aliphatic heterocycles. The van der Waals surface area contributed by atoms with E-state index in [9.17, 15) is 4.79 Å². The lowest BCUT2D eigenvalue weighted by Crippen LogP contribution is -2.21. The molecule has 0 spiro atoms. The van der Waals surface area contributed by atoms with E-state index in [2.05, 4.69) is 35.4 Å². The highest BCUT2D eigenvalue weighted by atomic mass is 32.1. The van der Waals surface area contributed by atoms with Crippen molar-refractivity contribution in [3.8, 4) is 0 Å². The van der Waals surface area contributed by atoms with Crippen LogP contribution < -0.4 is 5.32 Å². The summed E-state index contributed by atoms with van der Waals surface area (Å²) in [5.74, 6) is 0.743. The van der Waals surface area contributed by atoms with Crippen molar-refractivity contribution in [1.82, 2.24) is 15.5 Å². The van der Waals surface area contributed by atoms with Gasteiger partial charge in [-0.3, -0.25) is 4.79 Å². The Kier molecular flexibility index (Phi) is 4.35. The second-order valence-electron chi connectivity index (χ2n) is 5.53. The van der Waals surface area contributed by atoms with Crippen LogP contribution in [0.2, 0.25) is 0 Å². The predicted molar refractivity (Wildman–Crippen MR) is 86.0 cm³/mol. The van der Waals surface area contributed by atoms with Gasteiger partial charge in [-0.05, 0) is 43.2 Å². The first-order valence-electron chi connectivity index (χ1n) is 7.36. The number of amides is 1. The van der Waals surface area contributed by atoms with Crippen LogP contribution in [0, 0.1) is 5.92 Å². The van der Waals surface area contributed by atoms with E-state index in [0.717, 1.165) is 40.1 Å². The minimum atomic E-state index is 0.00954. The van der Waals surface area contributed by atoms with Gasteiger partial charge in [0.05, 0.1) is 11.4 Å². The van der Waals surface area contributed by atoms with Gasteiger partial charge in [0, 0.05) is 4.88 Å². The largest absolute Gasteiger partial charge is 0.345 e. The number of carbonyl (C=O) groups excluding carboxylic acids is 1. The fraction of sp³-hybridized carbons (Fsp3) is 0.533. The van der Waals surface area contributed by atoms with Crippen LogP contribution in [0.25, 0.3) is 0 Å². The van der Waals surface area contributed by atoms with Gasteiger partial charge in [0.2, 0.25) is 0 Å². The molecule has 0 bridgehead atoms. The second-order valence-corrected chi connectivity index (χ2v) is 7.82. The zero-order valence-electron chi connectivity index (χ0n) is 12.3. The van der Waals surface area contributed by atoms with E-state index < -0.39 is 0 Å². The van der Waals surface area contributed by atoms with Gasteiger partial charge in [-0.1, -0.05) is 25.2 Å². The van der Waals surface area contributed by atoms with Crippen molar-refractivity contribution in [2.45, 2.75) is 46.1 Å². The number of hydrogen-bond acceptors (Lipinski definition) is 5. The van der Waals surface area contributed by atoms with Gasteiger partial charge in [0.1, 0.15) is 10.0 Å². The molecule has 1 N–H and O–H groups in total. The highest BCUT2D eigenvalue weighted by Crippen LogP contribution is 2.32. The van der Waals surface area contributed by atoms with Crippen LogP contribution >= 0.6 is 22.7 Å². The maximum atomic E-state index is 12.2. The normalized spacial score (nSPS) is 17.5. The van der Waals surface area contributed by atoms with Crippen LogP contribution in [-0.2, 0) is 25.8 Å². The molecule has 1 atom stereocenters. The lowest BCUT2D eigenvalue weighted by atomic mass is 9.90. The number of nitrogens with zero attached hydrogens (tertiary/aromatic N) is 2. The van der Waals surface area contributed by atoms with Crippen molar-refractivity contribution in [2.75, 3.05) is 0 Å². The molecular weight excluding hydrogens is 302 g/mol. The fourth-order valence-corrected chi connectivity index (χ4v) is 4.41. The third-order valence-electron chi connectivity index (χ3n) is 3.76. The molecule has 21 heavy (non-hydrogen) atoms. The molecule has 6 heteroatoms. The van der Waals surface area contributed by atoms with Gasteiger partial charge in [-0.2, -0.15) is 0 Å². The zero-order valence-corrected chi connectivity index (χ0v) is 13.9. The van der Waals surface area contributed by atoms with Gasteiger partial charge in [-0.25, -0.2) is 0 Å². The molecule has 2 heterocycles. The summed E-state index contributed by atoms with van der Waals surface area (Å²) in [4.78, 5) is 14.5. The van der Waals surface area contributed by atoms with E-state index in [1.807, 2.05) is 0 Å². The third-order valence-corrected chi connectivity index (χ3v) is 6.07. The smallest absolute Gasteiger partial charge is 0.261 e. The third kappa shape index (κ3) is 3.32. The first-order chi connectivity index (χ1) is 10.2. The molecule has 0 unspecified atom stereocenters. The highest BCUT2D eigenvalue weighted by Gasteiger charge is 2.20. The average molecular weight is 321 g/mol. The molecule has 0 saturated heterocycles. The molecule has 2 aromatic rings. The lowest BCUT2D eigenvalue weighted by molar-refractivity contribution is 0.0955. The Morgan fingerprint density at radius 3 is 2.95 bits per heavy atom. The van der Waals surface area contributed by atoms with Crippen molar-refractivity contribution >= 4 is 28.6 Å². The van der Waals surface area contributed by atoms with Gasteiger partial charge in [-0.15, -0.1) is 21.5 Å². The number of fused-ring (bicyclic) bond motifs is 1. The Labute approximate surface area is 132 Å². The topological polar surface area (TPSA) is 54.9 Å². The number of rotatable bonds is 4. The average Bonchev–Trinajstić information content (AvgIpc) is 3.10. The molecule has 0 radical (unpaired) electrons. The second kappa shape index (κ2) is 6.23. The Bertz CT molecular complexity index is 647. The van der Waals surface area contributed by atoms with E-state index in [1.165, 1.54) is 16.9 Å². The molecule has 0 saturated carbocycles. The molecule has 1 amide bonds. The summed E-state index contributed by atoms with van der Waals surface area (Å²) in [6.45, 7) is 4.80. The van der Waals surface area contributed by atoms with Gasteiger partial charge >= 0.3 is 0 Å².